The number of carbonyl (C=O) groups excluding carboxylic acids is 1. The van der Waals surface area contributed by atoms with E-state index in [1.165, 1.54) is 11.1 Å². The van der Waals surface area contributed by atoms with Crippen LogP contribution in [0.3, 0.4) is 0 Å². The Morgan fingerprint density at radius 2 is 1.71 bits per heavy atom. The summed E-state index contributed by atoms with van der Waals surface area (Å²) in [5, 5.41) is 0. The quantitative estimate of drug-likeness (QED) is 0.574. The third-order valence-electron chi connectivity index (χ3n) is 5.20. The van der Waals surface area contributed by atoms with Crippen LogP contribution in [0, 0.1) is 6.92 Å². The minimum absolute atomic E-state index is 0.144. The van der Waals surface area contributed by atoms with Crippen LogP contribution < -0.4 is 0 Å². The molecule has 31 heavy (non-hydrogen) atoms. The number of benzene rings is 2. The molecular weight excluding hydrogens is 412 g/mol. The summed E-state index contributed by atoms with van der Waals surface area (Å²) in [4.78, 5) is 16.9. The lowest BCUT2D eigenvalue weighted by molar-refractivity contribution is -0.168. The molecule has 1 fully saturated rings. The van der Waals surface area contributed by atoms with E-state index in [1.807, 2.05) is 6.07 Å². The maximum absolute atomic E-state index is 12.9. The Morgan fingerprint density at radius 3 is 2.39 bits per heavy atom. The maximum atomic E-state index is 12.9. The summed E-state index contributed by atoms with van der Waals surface area (Å²) in [5.41, 5.74) is 3.36. The SMILES string of the molecule is Cc1cccc(CN2CCN(C(=O)c3cccc(COCC(F)(F)C(F)F)c3)CC2)c1. The first-order valence-electron chi connectivity index (χ1n) is 10.1. The summed E-state index contributed by atoms with van der Waals surface area (Å²) in [6, 6.07) is 14.8. The second-order valence-corrected chi connectivity index (χ2v) is 7.81. The Kier molecular flexibility index (Phi) is 7.67. The molecular formula is C23H26F4N2O2. The number of hydrogen-bond acceptors (Lipinski definition) is 3. The van der Waals surface area contributed by atoms with Crippen LogP contribution in [0.25, 0.3) is 0 Å². The average Bonchev–Trinajstić information content (AvgIpc) is 2.74. The van der Waals surface area contributed by atoms with Crippen molar-refractivity contribution in [3.05, 3.63) is 70.8 Å². The van der Waals surface area contributed by atoms with Crippen molar-refractivity contribution in [3.8, 4) is 0 Å². The predicted octanol–water partition coefficient (Wildman–Crippen LogP) is 4.37. The molecule has 4 nitrogen and oxygen atoms in total. The molecule has 2 aromatic rings. The predicted molar refractivity (Wildman–Crippen MR) is 109 cm³/mol. The van der Waals surface area contributed by atoms with Gasteiger partial charge in [-0.25, -0.2) is 8.78 Å². The summed E-state index contributed by atoms with van der Waals surface area (Å²) < 4.78 is 55.0. The summed E-state index contributed by atoms with van der Waals surface area (Å²) >= 11 is 0. The fourth-order valence-electron chi connectivity index (χ4n) is 3.52. The van der Waals surface area contributed by atoms with Crippen molar-refractivity contribution in [2.24, 2.45) is 0 Å². The highest BCUT2D eigenvalue weighted by Crippen LogP contribution is 2.23. The first-order valence-corrected chi connectivity index (χ1v) is 10.1. The van der Waals surface area contributed by atoms with E-state index in [-0.39, 0.29) is 12.5 Å². The Balaban J connectivity index is 1.51. The number of halogens is 4. The lowest BCUT2D eigenvalue weighted by Gasteiger charge is -2.35. The highest BCUT2D eigenvalue weighted by molar-refractivity contribution is 5.94. The van der Waals surface area contributed by atoms with Crippen molar-refractivity contribution in [3.63, 3.8) is 0 Å². The molecule has 1 aliphatic heterocycles. The number of carbonyl (C=O) groups is 1. The van der Waals surface area contributed by atoms with Crippen LogP contribution in [0.15, 0.2) is 48.5 Å². The molecule has 168 valence electrons. The Labute approximate surface area is 179 Å². The van der Waals surface area contributed by atoms with E-state index in [9.17, 15) is 22.4 Å². The minimum Gasteiger partial charge on any atom is -0.370 e. The summed E-state index contributed by atoms with van der Waals surface area (Å²) in [6.45, 7) is 3.94. The Morgan fingerprint density at radius 1 is 1.03 bits per heavy atom. The van der Waals surface area contributed by atoms with Gasteiger partial charge in [-0.2, -0.15) is 8.78 Å². The third kappa shape index (κ3) is 6.51. The highest BCUT2D eigenvalue weighted by Gasteiger charge is 2.40. The van der Waals surface area contributed by atoms with Gasteiger partial charge in [-0.1, -0.05) is 42.0 Å². The number of alkyl halides is 4. The van der Waals surface area contributed by atoms with Gasteiger partial charge in [0.15, 0.2) is 0 Å². The molecule has 1 aliphatic rings. The first-order chi connectivity index (χ1) is 14.7. The number of ether oxygens (including phenoxy) is 1. The van der Waals surface area contributed by atoms with E-state index in [4.69, 9.17) is 4.74 Å². The molecule has 0 saturated carbocycles. The van der Waals surface area contributed by atoms with E-state index in [0.717, 1.165) is 19.6 Å². The van der Waals surface area contributed by atoms with Crippen molar-refractivity contribution >= 4 is 5.91 Å². The van der Waals surface area contributed by atoms with E-state index >= 15 is 0 Å². The number of rotatable bonds is 8. The Hall–Kier alpha value is -2.45. The smallest absolute Gasteiger partial charge is 0.330 e. The van der Waals surface area contributed by atoms with Gasteiger partial charge in [0, 0.05) is 38.3 Å². The van der Waals surface area contributed by atoms with Gasteiger partial charge in [0.25, 0.3) is 5.91 Å². The van der Waals surface area contributed by atoms with Gasteiger partial charge in [0.1, 0.15) is 6.61 Å². The molecule has 0 spiro atoms. The largest absolute Gasteiger partial charge is 0.370 e. The fraction of sp³-hybridized carbons (Fsp3) is 0.435. The summed E-state index contributed by atoms with van der Waals surface area (Å²) in [7, 11) is 0. The molecule has 0 N–H and O–H groups in total. The van der Waals surface area contributed by atoms with Gasteiger partial charge in [0.05, 0.1) is 6.61 Å². The number of aryl methyl sites for hydroxylation is 1. The van der Waals surface area contributed by atoms with Crippen molar-refractivity contribution in [2.45, 2.75) is 32.4 Å². The standard InChI is InChI=1S/C23H26F4N2O2/c1-17-4-2-5-18(12-17)14-28-8-10-29(11-9-28)21(30)20-7-3-6-19(13-20)15-31-16-23(26,27)22(24)25/h2-7,12-13,22H,8-11,14-16H2,1H3. The monoisotopic (exact) mass is 438 g/mol. The molecule has 0 aliphatic carbocycles. The van der Waals surface area contributed by atoms with Crippen molar-refractivity contribution in [1.29, 1.82) is 0 Å². The maximum Gasteiger partial charge on any atom is 0.330 e. The molecule has 0 bridgehead atoms. The zero-order chi connectivity index (χ0) is 22.4. The first kappa shape index (κ1) is 23.2. The topological polar surface area (TPSA) is 32.8 Å². The van der Waals surface area contributed by atoms with Crippen molar-refractivity contribution in [1.82, 2.24) is 9.80 Å². The number of hydrogen-bond donors (Lipinski definition) is 0. The lowest BCUT2D eigenvalue weighted by Crippen LogP contribution is -2.48. The van der Waals surface area contributed by atoms with Crippen molar-refractivity contribution < 1.29 is 27.1 Å². The molecule has 1 saturated heterocycles. The van der Waals surface area contributed by atoms with Gasteiger partial charge in [-0.3, -0.25) is 9.69 Å². The number of piperazine rings is 1. The molecule has 0 radical (unpaired) electrons. The second kappa shape index (κ2) is 10.2. The van der Waals surface area contributed by atoms with Crippen LogP contribution in [0.2, 0.25) is 0 Å². The van der Waals surface area contributed by atoms with Crippen LogP contribution in [0.5, 0.6) is 0 Å². The molecule has 0 aromatic heterocycles. The van der Waals surface area contributed by atoms with Gasteiger partial charge in [0.2, 0.25) is 0 Å². The van der Waals surface area contributed by atoms with Crippen LogP contribution in [-0.2, 0) is 17.9 Å². The summed E-state index contributed by atoms with van der Waals surface area (Å²) in [6.07, 6.45) is -3.77. The molecule has 1 heterocycles. The van der Waals surface area contributed by atoms with Gasteiger partial charge < -0.3 is 9.64 Å². The van der Waals surface area contributed by atoms with Crippen LogP contribution in [0.4, 0.5) is 17.6 Å². The van der Waals surface area contributed by atoms with Gasteiger partial charge >= 0.3 is 12.3 Å². The lowest BCUT2D eigenvalue weighted by atomic mass is 10.1. The van der Waals surface area contributed by atoms with Crippen LogP contribution in [0.1, 0.15) is 27.0 Å². The number of nitrogens with zero attached hydrogens (tertiary/aromatic N) is 2. The van der Waals surface area contributed by atoms with E-state index in [0.29, 0.717) is 24.2 Å². The average molecular weight is 438 g/mol. The van der Waals surface area contributed by atoms with E-state index in [2.05, 4.69) is 30.0 Å². The molecule has 3 rings (SSSR count). The van der Waals surface area contributed by atoms with E-state index < -0.39 is 19.0 Å². The van der Waals surface area contributed by atoms with Crippen molar-refractivity contribution in [2.75, 3.05) is 32.8 Å². The zero-order valence-electron chi connectivity index (χ0n) is 17.4. The third-order valence-corrected chi connectivity index (χ3v) is 5.20. The molecule has 0 atom stereocenters. The van der Waals surface area contributed by atoms with Crippen LogP contribution in [-0.4, -0.2) is 60.8 Å². The highest BCUT2D eigenvalue weighted by atomic mass is 19.3. The van der Waals surface area contributed by atoms with Crippen LogP contribution >= 0.6 is 0 Å². The fourth-order valence-corrected chi connectivity index (χ4v) is 3.52. The molecule has 8 heteroatoms. The van der Waals surface area contributed by atoms with E-state index in [1.54, 1.807) is 29.2 Å². The van der Waals surface area contributed by atoms with Gasteiger partial charge in [-0.05, 0) is 30.2 Å². The second-order valence-electron chi connectivity index (χ2n) is 7.81. The molecule has 1 amide bonds. The summed E-state index contributed by atoms with van der Waals surface area (Å²) in [5.74, 6) is -4.33. The Bertz CT molecular complexity index is 883. The molecule has 2 aromatic carbocycles. The number of amides is 1. The zero-order valence-corrected chi connectivity index (χ0v) is 17.4. The normalized spacial score (nSPS) is 15.5. The van der Waals surface area contributed by atoms with Gasteiger partial charge in [-0.15, -0.1) is 0 Å². The minimum atomic E-state index is -4.19. The molecule has 0 unspecified atom stereocenters.